The van der Waals surface area contributed by atoms with Gasteiger partial charge in [0.15, 0.2) is 5.13 Å². The minimum absolute atomic E-state index is 0.0133. The first kappa shape index (κ1) is 26.8. The van der Waals surface area contributed by atoms with Crippen molar-refractivity contribution in [2.24, 2.45) is 5.41 Å². The van der Waals surface area contributed by atoms with E-state index in [9.17, 15) is 31.9 Å². The maximum Gasteiger partial charge on any atom is 0.416 e. The number of amides is 3. The van der Waals surface area contributed by atoms with Crippen LogP contribution in [0.5, 0.6) is 0 Å². The van der Waals surface area contributed by atoms with E-state index in [-0.39, 0.29) is 50.0 Å². The zero-order chi connectivity index (χ0) is 27.1. The van der Waals surface area contributed by atoms with E-state index in [0.717, 1.165) is 29.5 Å². The summed E-state index contributed by atoms with van der Waals surface area (Å²) in [7, 11) is 0. The van der Waals surface area contributed by atoms with Crippen molar-refractivity contribution in [1.82, 2.24) is 4.98 Å². The SMILES string of the molecule is Cc1nc(NC(=O)C2(C(=O)Nc3ccc(Cl)c(F)c3)CC2)sc1C(=O)Nc1cc(C(F)(F)F)ccc1Cl. The number of hydrogen-bond donors (Lipinski definition) is 3. The highest BCUT2D eigenvalue weighted by molar-refractivity contribution is 7.17. The van der Waals surface area contributed by atoms with E-state index in [2.05, 4.69) is 20.9 Å². The number of halogens is 6. The van der Waals surface area contributed by atoms with Crippen LogP contribution in [0.25, 0.3) is 0 Å². The highest BCUT2D eigenvalue weighted by atomic mass is 35.5. The van der Waals surface area contributed by atoms with Crippen molar-refractivity contribution in [3.63, 3.8) is 0 Å². The van der Waals surface area contributed by atoms with Crippen molar-refractivity contribution in [3.05, 3.63) is 68.4 Å². The third-order valence-electron chi connectivity index (χ3n) is 5.56. The minimum atomic E-state index is -4.63. The van der Waals surface area contributed by atoms with Crippen LogP contribution in [0, 0.1) is 18.2 Å². The fourth-order valence-corrected chi connectivity index (χ4v) is 4.50. The summed E-state index contributed by atoms with van der Waals surface area (Å²) in [4.78, 5) is 42.5. The van der Waals surface area contributed by atoms with Gasteiger partial charge in [0.1, 0.15) is 16.1 Å². The number of benzene rings is 2. The van der Waals surface area contributed by atoms with Gasteiger partial charge in [0, 0.05) is 5.69 Å². The minimum Gasteiger partial charge on any atom is -0.325 e. The summed E-state index contributed by atoms with van der Waals surface area (Å²) < 4.78 is 52.7. The topological polar surface area (TPSA) is 100 Å². The lowest BCUT2D eigenvalue weighted by Crippen LogP contribution is -2.35. The average Bonchev–Trinajstić information content (AvgIpc) is 3.55. The van der Waals surface area contributed by atoms with Gasteiger partial charge in [0.05, 0.1) is 27.0 Å². The van der Waals surface area contributed by atoms with Gasteiger partial charge in [-0.25, -0.2) is 9.37 Å². The number of alkyl halides is 3. The predicted molar refractivity (Wildman–Crippen MR) is 132 cm³/mol. The lowest BCUT2D eigenvalue weighted by molar-refractivity contribution is -0.137. The fourth-order valence-electron chi connectivity index (χ4n) is 3.36. The third-order valence-corrected chi connectivity index (χ3v) is 7.27. The van der Waals surface area contributed by atoms with Gasteiger partial charge in [0.2, 0.25) is 11.8 Å². The van der Waals surface area contributed by atoms with Gasteiger partial charge in [-0.2, -0.15) is 13.2 Å². The number of thiazole rings is 1. The molecule has 14 heteroatoms. The zero-order valence-electron chi connectivity index (χ0n) is 18.7. The molecule has 3 N–H and O–H groups in total. The molecule has 7 nitrogen and oxygen atoms in total. The number of aryl methyl sites for hydroxylation is 1. The maximum absolute atomic E-state index is 13.7. The van der Waals surface area contributed by atoms with E-state index < -0.39 is 40.7 Å². The van der Waals surface area contributed by atoms with Gasteiger partial charge in [-0.05, 0) is 56.2 Å². The molecule has 1 aromatic heterocycles. The van der Waals surface area contributed by atoms with Crippen LogP contribution >= 0.6 is 34.5 Å². The second kappa shape index (κ2) is 9.92. The number of rotatable bonds is 6. The van der Waals surface area contributed by atoms with Crippen molar-refractivity contribution in [2.75, 3.05) is 16.0 Å². The molecule has 0 spiro atoms. The lowest BCUT2D eigenvalue weighted by atomic mass is 10.1. The van der Waals surface area contributed by atoms with Crippen LogP contribution in [0.3, 0.4) is 0 Å². The van der Waals surface area contributed by atoms with E-state index in [1.54, 1.807) is 0 Å². The smallest absolute Gasteiger partial charge is 0.325 e. The molecule has 0 aliphatic heterocycles. The van der Waals surface area contributed by atoms with E-state index in [1.807, 2.05) is 0 Å². The highest BCUT2D eigenvalue weighted by Crippen LogP contribution is 2.48. The summed E-state index contributed by atoms with van der Waals surface area (Å²) in [5.41, 5.74) is -2.30. The molecule has 1 fully saturated rings. The Hall–Kier alpha value is -3.22. The van der Waals surface area contributed by atoms with Gasteiger partial charge >= 0.3 is 6.18 Å². The predicted octanol–water partition coefficient (Wildman–Crippen LogP) is 6.53. The largest absolute Gasteiger partial charge is 0.416 e. The maximum atomic E-state index is 13.7. The Morgan fingerprint density at radius 1 is 0.973 bits per heavy atom. The molecular weight excluding hydrogens is 559 g/mol. The third kappa shape index (κ3) is 5.71. The Kier molecular flexibility index (Phi) is 7.19. The first-order valence-electron chi connectivity index (χ1n) is 10.5. The molecule has 1 aliphatic carbocycles. The van der Waals surface area contributed by atoms with E-state index >= 15 is 0 Å². The first-order chi connectivity index (χ1) is 17.3. The Balaban J connectivity index is 1.45. The molecule has 3 amide bonds. The molecule has 1 heterocycles. The molecule has 0 saturated heterocycles. The Morgan fingerprint density at radius 3 is 2.24 bits per heavy atom. The van der Waals surface area contributed by atoms with Gasteiger partial charge < -0.3 is 16.0 Å². The Labute approximate surface area is 221 Å². The molecular formula is C23H16Cl2F4N4O3S. The number of anilines is 3. The van der Waals surface area contributed by atoms with Crippen LogP contribution in [-0.2, 0) is 15.8 Å². The molecule has 2 aromatic carbocycles. The fraction of sp³-hybridized carbons (Fsp3) is 0.217. The first-order valence-corrected chi connectivity index (χ1v) is 12.1. The molecule has 194 valence electrons. The highest BCUT2D eigenvalue weighted by Gasteiger charge is 2.56. The van der Waals surface area contributed by atoms with Crippen molar-refractivity contribution < 1.29 is 31.9 Å². The zero-order valence-corrected chi connectivity index (χ0v) is 21.1. The summed E-state index contributed by atoms with van der Waals surface area (Å²) in [5, 5.41) is 7.12. The summed E-state index contributed by atoms with van der Waals surface area (Å²) in [6, 6.07) is 6.20. The molecule has 4 rings (SSSR count). The van der Waals surface area contributed by atoms with Crippen LogP contribution in [0.15, 0.2) is 36.4 Å². The number of carbonyl (C=O) groups is 3. The molecule has 0 atom stereocenters. The van der Waals surface area contributed by atoms with Crippen molar-refractivity contribution >= 4 is 68.8 Å². The van der Waals surface area contributed by atoms with Gasteiger partial charge in [0.25, 0.3) is 5.91 Å². The number of nitrogens with one attached hydrogen (secondary N) is 3. The molecule has 0 radical (unpaired) electrons. The molecule has 3 aromatic rings. The standard InChI is InChI=1S/C23H16Cl2F4N4O3S/c1-10-17(18(34)32-16-8-11(23(27,28)29)2-4-14(16)25)37-21(30-10)33-20(36)22(6-7-22)19(35)31-12-3-5-13(24)15(26)9-12/h2-5,8-9H,6-7H2,1H3,(H,31,35)(H,32,34)(H,30,33,36). The van der Waals surface area contributed by atoms with Crippen LogP contribution in [0.2, 0.25) is 10.0 Å². The van der Waals surface area contributed by atoms with Gasteiger partial charge in [-0.15, -0.1) is 0 Å². The number of carbonyl (C=O) groups excluding carboxylic acids is 3. The second-order valence-electron chi connectivity index (χ2n) is 8.20. The summed E-state index contributed by atoms with van der Waals surface area (Å²) in [6.07, 6.45) is -4.15. The summed E-state index contributed by atoms with van der Waals surface area (Å²) in [5.74, 6) is -2.82. The molecule has 1 aliphatic rings. The second-order valence-corrected chi connectivity index (χ2v) is 10.0. The summed E-state index contributed by atoms with van der Waals surface area (Å²) in [6.45, 7) is 1.48. The number of aromatic nitrogens is 1. The number of nitrogens with zero attached hydrogens (tertiary/aromatic N) is 1. The Bertz CT molecular complexity index is 1420. The van der Waals surface area contributed by atoms with E-state index in [1.165, 1.54) is 19.1 Å². The summed E-state index contributed by atoms with van der Waals surface area (Å²) >= 11 is 12.4. The van der Waals surface area contributed by atoms with E-state index in [0.29, 0.717) is 6.07 Å². The molecule has 1 saturated carbocycles. The normalized spacial score (nSPS) is 14.1. The van der Waals surface area contributed by atoms with Crippen LogP contribution < -0.4 is 16.0 Å². The van der Waals surface area contributed by atoms with Crippen molar-refractivity contribution in [2.45, 2.75) is 25.9 Å². The Morgan fingerprint density at radius 2 is 1.62 bits per heavy atom. The van der Waals surface area contributed by atoms with Crippen LogP contribution in [0.4, 0.5) is 34.1 Å². The monoisotopic (exact) mass is 574 g/mol. The molecule has 0 unspecified atom stereocenters. The number of hydrogen-bond acceptors (Lipinski definition) is 5. The van der Waals surface area contributed by atoms with Crippen LogP contribution in [0.1, 0.15) is 33.8 Å². The average molecular weight is 575 g/mol. The van der Waals surface area contributed by atoms with Gasteiger partial charge in [-0.1, -0.05) is 34.5 Å². The van der Waals surface area contributed by atoms with Gasteiger partial charge in [-0.3, -0.25) is 14.4 Å². The van der Waals surface area contributed by atoms with Crippen molar-refractivity contribution in [1.29, 1.82) is 0 Å². The molecule has 37 heavy (non-hydrogen) atoms. The van der Waals surface area contributed by atoms with Crippen LogP contribution in [-0.4, -0.2) is 22.7 Å². The lowest BCUT2D eigenvalue weighted by Gasteiger charge is -2.14. The quantitative estimate of drug-likeness (QED) is 0.230. The van der Waals surface area contributed by atoms with Crippen molar-refractivity contribution in [3.8, 4) is 0 Å². The molecule has 0 bridgehead atoms. The van der Waals surface area contributed by atoms with E-state index in [4.69, 9.17) is 23.2 Å².